The third kappa shape index (κ3) is 2.69. The fourth-order valence-corrected chi connectivity index (χ4v) is 4.19. The lowest BCUT2D eigenvalue weighted by molar-refractivity contribution is -0.138. The molecule has 1 aromatic rings. The number of nitrogens with zero attached hydrogens (tertiary/aromatic N) is 2. The van der Waals surface area contributed by atoms with Gasteiger partial charge in [-0.25, -0.2) is 8.78 Å². The van der Waals surface area contributed by atoms with Gasteiger partial charge in [0.2, 0.25) is 0 Å². The molecule has 1 saturated carbocycles. The summed E-state index contributed by atoms with van der Waals surface area (Å²) in [6.07, 6.45) is -3.19. The first-order valence-electron chi connectivity index (χ1n) is 8.61. The number of alkyl halides is 5. The number of rotatable bonds is 2. The van der Waals surface area contributed by atoms with E-state index in [1.807, 2.05) is 0 Å². The van der Waals surface area contributed by atoms with Gasteiger partial charge in [-0.3, -0.25) is 9.69 Å². The maximum Gasteiger partial charge on any atom is 0.416 e. The van der Waals surface area contributed by atoms with Crippen LogP contribution in [0.2, 0.25) is 0 Å². The van der Waals surface area contributed by atoms with Gasteiger partial charge in [0.05, 0.1) is 12.1 Å². The fraction of sp³-hybridized carbons (Fsp3) is 0.611. The Kier molecular flexibility index (Phi) is 3.68. The average Bonchev–Trinajstić information content (AvgIpc) is 3.26. The molecule has 0 radical (unpaired) electrons. The Balaban J connectivity index is 1.63. The van der Waals surface area contributed by atoms with Crippen molar-refractivity contribution >= 4 is 5.91 Å². The molecule has 26 heavy (non-hydrogen) atoms. The predicted octanol–water partition coefficient (Wildman–Crippen LogP) is 3.91. The summed E-state index contributed by atoms with van der Waals surface area (Å²) in [7, 11) is 1.45. The number of piperidine rings is 1. The lowest BCUT2D eigenvalue weighted by atomic mass is 9.89. The highest BCUT2D eigenvalue weighted by molar-refractivity contribution is 5.98. The van der Waals surface area contributed by atoms with Crippen molar-refractivity contribution in [3.05, 3.63) is 34.4 Å². The van der Waals surface area contributed by atoms with Crippen LogP contribution in [0.3, 0.4) is 0 Å². The molecular formula is C18H19F5N2O. The number of hydrogen-bond donors (Lipinski definition) is 0. The van der Waals surface area contributed by atoms with Gasteiger partial charge < -0.3 is 4.90 Å². The van der Waals surface area contributed by atoms with Crippen molar-refractivity contribution in [3.63, 3.8) is 0 Å². The number of likely N-dealkylation sites (tertiary alicyclic amines) is 1. The van der Waals surface area contributed by atoms with E-state index in [1.54, 1.807) is 0 Å². The molecule has 2 fully saturated rings. The Hall–Kier alpha value is -1.70. The number of halogens is 5. The fourth-order valence-electron chi connectivity index (χ4n) is 4.19. The standard InChI is InChI=1S/C18H19F5N2O/c1-24-9-13-12(15(24)26)6-11(7-14(13)18(21,22)23)8-25-5-4-16(2-3-16)17(19,20)10-25/h6-7H,2-5,8-10H2,1H3. The van der Waals surface area contributed by atoms with Crippen molar-refractivity contribution < 1.29 is 26.7 Å². The van der Waals surface area contributed by atoms with E-state index in [0.29, 0.717) is 25.8 Å². The van der Waals surface area contributed by atoms with Crippen LogP contribution >= 0.6 is 0 Å². The van der Waals surface area contributed by atoms with Crippen molar-refractivity contribution in [2.24, 2.45) is 5.41 Å². The number of benzene rings is 1. The smallest absolute Gasteiger partial charge is 0.337 e. The second-order valence-electron chi connectivity index (χ2n) is 7.77. The van der Waals surface area contributed by atoms with E-state index in [0.717, 1.165) is 6.07 Å². The topological polar surface area (TPSA) is 23.6 Å². The minimum Gasteiger partial charge on any atom is -0.337 e. The summed E-state index contributed by atoms with van der Waals surface area (Å²) in [5.41, 5.74) is -1.49. The maximum absolute atomic E-state index is 14.3. The molecule has 2 heterocycles. The normalized spacial score (nSPS) is 24.2. The van der Waals surface area contributed by atoms with E-state index < -0.39 is 35.5 Å². The lowest BCUT2D eigenvalue weighted by Crippen LogP contribution is -2.49. The Morgan fingerprint density at radius 3 is 2.42 bits per heavy atom. The highest BCUT2D eigenvalue weighted by Crippen LogP contribution is 2.61. The van der Waals surface area contributed by atoms with Crippen molar-refractivity contribution in [1.82, 2.24) is 9.80 Å². The number of hydrogen-bond acceptors (Lipinski definition) is 2. The molecule has 0 N–H and O–H groups in total. The van der Waals surface area contributed by atoms with Crippen molar-refractivity contribution in [1.29, 1.82) is 0 Å². The van der Waals surface area contributed by atoms with Gasteiger partial charge in [-0.15, -0.1) is 0 Å². The van der Waals surface area contributed by atoms with Gasteiger partial charge >= 0.3 is 6.18 Å². The summed E-state index contributed by atoms with van der Waals surface area (Å²) in [6, 6.07) is 2.43. The number of carbonyl (C=O) groups is 1. The number of fused-ring (bicyclic) bond motifs is 1. The van der Waals surface area contributed by atoms with Crippen LogP contribution in [0.1, 0.15) is 46.3 Å². The third-order valence-corrected chi connectivity index (χ3v) is 5.95. The molecule has 0 aromatic heterocycles. The molecule has 0 unspecified atom stereocenters. The van der Waals surface area contributed by atoms with Gasteiger partial charge in [0.15, 0.2) is 0 Å². The zero-order chi connectivity index (χ0) is 18.9. The summed E-state index contributed by atoms with van der Waals surface area (Å²) in [6.45, 7) is -0.117. The van der Waals surface area contributed by atoms with E-state index in [-0.39, 0.29) is 29.8 Å². The molecule has 142 valence electrons. The van der Waals surface area contributed by atoms with Crippen LogP contribution in [-0.4, -0.2) is 41.8 Å². The summed E-state index contributed by atoms with van der Waals surface area (Å²) < 4.78 is 68.9. The molecule has 2 aliphatic heterocycles. The van der Waals surface area contributed by atoms with E-state index in [9.17, 15) is 26.7 Å². The average molecular weight is 374 g/mol. The van der Waals surface area contributed by atoms with Gasteiger partial charge in [-0.05, 0) is 49.1 Å². The molecule has 1 aromatic carbocycles. The van der Waals surface area contributed by atoms with E-state index in [4.69, 9.17) is 0 Å². The van der Waals surface area contributed by atoms with Crippen LogP contribution in [0.4, 0.5) is 22.0 Å². The molecule has 0 bridgehead atoms. The van der Waals surface area contributed by atoms with Crippen molar-refractivity contribution in [3.8, 4) is 0 Å². The first kappa shape index (κ1) is 17.7. The van der Waals surface area contributed by atoms with Gasteiger partial charge in [0.1, 0.15) is 0 Å². The van der Waals surface area contributed by atoms with Gasteiger partial charge in [-0.1, -0.05) is 0 Å². The molecule has 1 saturated heterocycles. The molecule has 1 spiro atoms. The number of carbonyl (C=O) groups excluding carboxylic acids is 1. The third-order valence-electron chi connectivity index (χ3n) is 5.95. The monoisotopic (exact) mass is 374 g/mol. The Labute approximate surface area is 147 Å². The first-order valence-corrected chi connectivity index (χ1v) is 8.61. The van der Waals surface area contributed by atoms with Crippen LogP contribution in [-0.2, 0) is 19.3 Å². The summed E-state index contributed by atoms with van der Waals surface area (Å²) in [5, 5.41) is 0. The van der Waals surface area contributed by atoms with Crippen LogP contribution in [0, 0.1) is 5.41 Å². The Bertz CT molecular complexity index is 770. The predicted molar refractivity (Wildman–Crippen MR) is 83.7 cm³/mol. The van der Waals surface area contributed by atoms with E-state index in [2.05, 4.69) is 0 Å². The van der Waals surface area contributed by atoms with Gasteiger partial charge in [0, 0.05) is 31.1 Å². The molecule has 4 rings (SSSR count). The van der Waals surface area contributed by atoms with Crippen LogP contribution in [0.5, 0.6) is 0 Å². The molecule has 3 nitrogen and oxygen atoms in total. The molecule has 1 aliphatic carbocycles. The SMILES string of the molecule is CN1Cc2c(cc(CN3CCC4(CC4)C(F)(F)C3)cc2C(F)(F)F)C1=O. The van der Waals surface area contributed by atoms with Crippen molar-refractivity contribution in [2.45, 2.75) is 44.5 Å². The summed E-state index contributed by atoms with van der Waals surface area (Å²) in [4.78, 5) is 14.9. The molecule has 1 amide bonds. The minimum atomic E-state index is -4.59. The maximum atomic E-state index is 14.3. The minimum absolute atomic E-state index is 0.0149. The molecule has 8 heteroatoms. The Morgan fingerprint density at radius 1 is 1.15 bits per heavy atom. The van der Waals surface area contributed by atoms with E-state index >= 15 is 0 Å². The summed E-state index contributed by atoms with van der Waals surface area (Å²) in [5.74, 6) is -3.28. The van der Waals surface area contributed by atoms with Crippen LogP contribution in [0.25, 0.3) is 0 Å². The highest BCUT2D eigenvalue weighted by Gasteiger charge is 2.63. The Morgan fingerprint density at radius 2 is 1.85 bits per heavy atom. The van der Waals surface area contributed by atoms with Gasteiger partial charge in [-0.2, -0.15) is 13.2 Å². The first-order chi connectivity index (χ1) is 12.0. The molecular weight excluding hydrogens is 355 g/mol. The largest absolute Gasteiger partial charge is 0.416 e. The molecule has 3 aliphatic rings. The van der Waals surface area contributed by atoms with E-state index in [1.165, 1.54) is 22.9 Å². The van der Waals surface area contributed by atoms with Crippen LogP contribution < -0.4 is 0 Å². The quantitative estimate of drug-likeness (QED) is 0.733. The highest BCUT2D eigenvalue weighted by atomic mass is 19.4. The van der Waals surface area contributed by atoms with Crippen LogP contribution in [0.15, 0.2) is 12.1 Å². The number of amides is 1. The molecule has 0 atom stereocenters. The zero-order valence-corrected chi connectivity index (χ0v) is 14.3. The van der Waals surface area contributed by atoms with Gasteiger partial charge in [0.25, 0.3) is 11.8 Å². The summed E-state index contributed by atoms with van der Waals surface area (Å²) >= 11 is 0. The zero-order valence-electron chi connectivity index (χ0n) is 14.3. The second kappa shape index (κ2) is 5.41. The lowest BCUT2D eigenvalue weighted by Gasteiger charge is -2.39. The second-order valence-corrected chi connectivity index (χ2v) is 7.77. The van der Waals surface area contributed by atoms with Crippen molar-refractivity contribution in [2.75, 3.05) is 20.1 Å².